The van der Waals surface area contributed by atoms with Crippen molar-refractivity contribution in [3.63, 3.8) is 0 Å². The number of benzene rings is 2. The Morgan fingerprint density at radius 3 is 2.67 bits per heavy atom. The number of nitrogens with one attached hydrogen (secondary N) is 2. The molecule has 7 nitrogen and oxygen atoms in total. The molecule has 0 saturated carbocycles. The molecular formula is C20H23N3O4. The molecule has 0 unspecified atom stereocenters. The standard InChI is InChI=1S/C20H23N3O4/c1-2-27-18-12-16(8-9-17(18)24)14-22-23-20(26)13-19(25)21-11-10-15-6-4-3-5-7-15/h3-9,12,14,24H,2,10-11,13H2,1H3,(H,21,25)(H,23,26)/b22-14+. The van der Waals surface area contributed by atoms with Gasteiger partial charge in [-0.05, 0) is 42.7 Å². The normalized spacial score (nSPS) is 10.6. The molecule has 0 aliphatic rings. The van der Waals surface area contributed by atoms with Crippen LogP contribution < -0.4 is 15.5 Å². The van der Waals surface area contributed by atoms with Gasteiger partial charge in [-0.3, -0.25) is 9.59 Å². The van der Waals surface area contributed by atoms with E-state index in [9.17, 15) is 14.7 Å². The molecule has 2 aromatic carbocycles. The average molecular weight is 369 g/mol. The number of carbonyl (C=O) groups is 2. The van der Waals surface area contributed by atoms with Gasteiger partial charge < -0.3 is 15.2 Å². The van der Waals surface area contributed by atoms with Crippen molar-refractivity contribution in [3.8, 4) is 11.5 Å². The Morgan fingerprint density at radius 2 is 1.93 bits per heavy atom. The first-order valence-electron chi connectivity index (χ1n) is 8.67. The maximum Gasteiger partial charge on any atom is 0.249 e. The van der Waals surface area contributed by atoms with Crippen molar-refractivity contribution in [1.82, 2.24) is 10.7 Å². The van der Waals surface area contributed by atoms with E-state index in [2.05, 4.69) is 15.8 Å². The minimum absolute atomic E-state index is 0.0326. The Bertz CT molecular complexity index is 791. The summed E-state index contributed by atoms with van der Waals surface area (Å²) in [6.45, 7) is 2.70. The van der Waals surface area contributed by atoms with Gasteiger partial charge in [0.1, 0.15) is 6.42 Å². The van der Waals surface area contributed by atoms with Crippen LogP contribution >= 0.6 is 0 Å². The van der Waals surface area contributed by atoms with Crippen molar-refractivity contribution in [2.45, 2.75) is 19.8 Å². The fraction of sp³-hybridized carbons (Fsp3) is 0.250. The number of hydrogen-bond donors (Lipinski definition) is 3. The molecule has 0 aliphatic carbocycles. The van der Waals surface area contributed by atoms with Crippen molar-refractivity contribution in [1.29, 1.82) is 0 Å². The monoisotopic (exact) mass is 369 g/mol. The molecule has 2 rings (SSSR count). The molecule has 142 valence electrons. The zero-order valence-electron chi connectivity index (χ0n) is 15.1. The van der Waals surface area contributed by atoms with Crippen LogP contribution in [-0.2, 0) is 16.0 Å². The number of hydrazone groups is 1. The van der Waals surface area contributed by atoms with Gasteiger partial charge in [-0.1, -0.05) is 30.3 Å². The van der Waals surface area contributed by atoms with Crippen molar-refractivity contribution in [2.24, 2.45) is 5.10 Å². The lowest BCUT2D eigenvalue weighted by molar-refractivity contribution is -0.129. The molecular weight excluding hydrogens is 346 g/mol. The molecule has 0 aliphatic heterocycles. The van der Waals surface area contributed by atoms with Crippen LogP contribution in [-0.4, -0.2) is 36.3 Å². The zero-order chi connectivity index (χ0) is 19.5. The first-order chi connectivity index (χ1) is 13.1. The lowest BCUT2D eigenvalue weighted by Crippen LogP contribution is -2.31. The lowest BCUT2D eigenvalue weighted by atomic mass is 10.1. The first kappa shape index (κ1) is 20.0. The highest BCUT2D eigenvalue weighted by atomic mass is 16.5. The maximum absolute atomic E-state index is 11.8. The van der Waals surface area contributed by atoms with Gasteiger partial charge >= 0.3 is 0 Å². The van der Waals surface area contributed by atoms with Gasteiger partial charge in [0.15, 0.2) is 11.5 Å². The van der Waals surface area contributed by atoms with E-state index in [1.165, 1.54) is 12.3 Å². The fourth-order valence-corrected chi connectivity index (χ4v) is 2.30. The van der Waals surface area contributed by atoms with Crippen LogP contribution in [0.15, 0.2) is 53.6 Å². The summed E-state index contributed by atoms with van der Waals surface area (Å²) in [5.41, 5.74) is 4.06. The molecule has 0 heterocycles. The molecule has 0 radical (unpaired) electrons. The molecule has 2 amide bonds. The van der Waals surface area contributed by atoms with Crippen LogP contribution in [0.1, 0.15) is 24.5 Å². The van der Waals surface area contributed by atoms with Crippen molar-refractivity contribution < 1.29 is 19.4 Å². The number of aromatic hydroxyl groups is 1. The van der Waals surface area contributed by atoms with E-state index in [-0.39, 0.29) is 18.1 Å². The van der Waals surface area contributed by atoms with E-state index in [0.29, 0.717) is 30.9 Å². The number of phenols is 1. The second kappa shape index (κ2) is 10.6. The summed E-state index contributed by atoms with van der Waals surface area (Å²) in [7, 11) is 0. The molecule has 2 aromatic rings. The number of carbonyl (C=O) groups excluding carboxylic acids is 2. The van der Waals surface area contributed by atoms with Gasteiger partial charge in [0.05, 0.1) is 12.8 Å². The molecule has 3 N–H and O–H groups in total. The van der Waals surface area contributed by atoms with E-state index in [1.54, 1.807) is 12.1 Å². The van der Waals surface area contributed by atoms with Gasteiger partial charge in [-0.15, -0.1) is 0 Å². The summed E-state index contributed by atoms with van der Waals surface area (Å²) in [4.78, 5) is 23.5. The third kappa shape index (κ3) is 7.19. The zero-order valence-corrected chi connectivity index (χ0v) is 15.1. The highest BCUT2D eigenvalue weighted by Crippen LogP contribution is 2.26. The summed E-state index contributed by atoms with van der Waals surface area (Å²) < 4.78 is 5.27. The first-order valence-corrected chi connectivity index (χ1v) is 8.67. The Morgan fingerprint density at radius 1 is 1.15 bits per heavy atom. The summed E-state index contributed by atoms with van der Waals surface area (Å²) in [6.07, 6.45) is 1.81. The van der Waals surface area contributed by atoms with E-state index >= 15 is 0 Å². The smallest absolute Gasteiger partial charge is 0.249 e. The van der Waals surface area contributed by atoms with Gasteiger partial charge in [-0.25, -0.2) is 5.43 Å². The molecule has 0 aromatic heterocycles. The predicted molar refractivity (Wildman–Crippen MR) is 103 cm³/mol. The Labute approximate surface area is 158 Å². The molecule has 27 heavy (non-hydrogen) atoms. The van der Waals surface area contributed by atoms with Gasteiger partial charge in [0, 0.05) is 6.54 Å². The van der Waals surface area contributed by atoms with Gasteiger partial charge in [0.25, 0.3) is 0 Å². The van der Waals surface area contributed by atoms with Gasteiger partial charge in [-0.2, -0.15) is 5.10 Å². The summed E-state index contributed by atoms with van der Waals surface area (Å²) in [5.74, 6) is -0.495. The Balaban J connectivity index is 1.72. The number of ether oxygens (including phenoxy) is 1. The molecule has 7 heteroatoms. The Kier molecular flexibility index (Phi) is 7.84. The number of nitrogens with zero attached hydrogens (tertiary/aromatic N) is 1. The van der Waals surface area contributed by atoms with Gasteiger partial charge in [0.2, 0.25) is 11.8 Å². The number of amides is 2. The summed E-state index contributed by atoms with van der Waals surface area (Å²) in [6, 6.07) is 14.5. The SMILES string of the molecule is CCOc1cc(/C=N/NC(=O)CC(=O)NCCc2ccccc2)ccc1O. The molecule has 0 spiro atoms. The fourth-order valence-electron chi connectivity index (χ4n) is 2.30. The van der Waals surface area contributed by atoms with E-state index in [0.717, 1.165) is 5.56 Å². The number of rotatable bonds is 9. The minimum Gasteiger partial charge on any atom is -0.504 e. The van der Waals surface area contributed by atoms with Crippen LogP contribution in [0.5, 0.6) is 11.5 Å². The highest BCUT2D eigenvalue weighted by Gasteiger charge is 2.08. The highest BCUT2D eigenvalue weighted by molar-refractivity contribution is 5.97. The van der Waals surface area contributed by atoms with Crippen LogP contribution in [0, 0.1) is 0 Å². The third-order valence-corrected chi connectivity index (χ3v) is 3.59. The average Bonchev–Trinajstić information content (AvgIpc) is 2.65. The summed E-state index contributed by atoms with van der Waals surface area (Å²) in [5, 5.41) is 16.2. The second-order valence-electron chi connectivity index (χ2n) is 5.72. The van der Waals surface area contributed by atoms with Crippen molar-refractivity contribution in [3.05, 3.63) is 59.7 Å². The minimum atomic E-state index is -0.507. The summed E-state index contributed by atoms with van der Waals surface area (Å²) >= 11 is 0. The van der Waals surface area contributed by atoms with E-state index < -0.39 is 5.91 Å². The van der Waals surface area contributed by atoms with Crippen LogP contribution in [0.25, 0.3) is 0 Å². The quantitative estimate of drug-likeness (QED) is 0.357. The van der Waals surface area contributed by atoms with E-state index in [1.807, 2.05) is 37.3 Å². The molecule has 0 fully saturated rings. The lowest BCUT2D eigenvalue weighted by Gasteiger charge is -2.06. The largest absolute Gasteiger partial charge is 0.504 e. The Hall–Kier alpha value is -3.35. The molecule has 0 bridgehead atoms. The van der Waals surface area contributed by atoms with Crippen molar-refractivity contribution >= 4 is 18.0 Å². The van der Waals surface area contributed by atoms with E-state index in [4.69, 9.17) is 4.74 Å². The number of phenolic OH excluding ortho intramolecular Hbond substituents is 1. The third-order valence-electron chi connectivity index (χ3n) is 3.59. The van der Waals surface area contributed by atoms with Crippen LogP contribution in [0.4, 0.5) is 0 Å². The van der Waals surface area contributed by atoms with Crippen LogP contribution in [0.2, 0.25) is 0 Å². The van der Waals surface area contributed by atoms with Crippen molar-refractivity contribution in [2.75, 3.05) is 13.2 Å². The van der Waals surface area contributed by atoms with Crippen LogP contribution in [0.3, 0.4) is 0 Å². The number of hydrogen-bond acceptors (Lipinski definition) is 5. The topological polar surface area (TPSA) is 100 Å². The second-order valence-corrected chi connectivity index (χ2v) is 5.72. The molecule has 0 atom stereocenters. The maximum atomic E-state index is 11.8. The molecule has 0 saturated heterocycles. The predicted octanol–water partition coefficient (Wildman–Crippen LogP) is 1.99.